The van der Waals surface area contributed by atoms with E-state index in [4.69, 9.17) is 28.4 Å². The Morgan fingerprint density at radius 3 is 1.98 bits per heavy atom. The molecule has 0 bridgehead atoms. The molecule has 4 saturated carbocycles. The molecule has 7 fully saturated rings. The summed E-state index contributed by atoms with van der Waals surface area (Å²) in [4.78, 5) is 0. The first-order valence-corrected chi connectivity index (χ1v) is 21.0. The fourth-order valence-electron chi connectivity index (χ4n) is 13.2. The van der Waals surface area contributed by atoms with Crippen molar-refractivity contribution < 1.29 is 84.6 Å². The zero-order valence-electron chi connectivity index (χ0n) is 33.7. The van der Waals surface area contributed by atoms with Gasteiger partial charge in [0.25, 0.3) is 0 Å². The van der Waals surface area contributed by atoms with Gasteiger partial charge in [0.05, 0.1) is 38.1 Å². The lowest BCUT2D eigenvalue weighted by Crippen LogP contribution is -2.76. The van der Waals surface area contributed by atoms with Gasteiger partial charge in [0, 0.05) is 31.3 Å². The van der Waals surface area contributed by atoms with Crippen LogP contribution in [0.25, 0.3) is 0 Å². The Labute approximate surface area is 333 Å². The van der Waals surface area contributed by atoms with E-state index in [0.29, 0.717) is 25.7 Å². The molecule has 24 atom stereocenters. The van der Waals surface area contributed by atoms with Gasteiger partial charge in [-0.15, -0.1) is 0 Å². The smallest absolute Gasteiger partial charge is 0.187 e. The fraction of sp³-hybridized carbons (Fsp3) is 1.00. The lowest BCUT2D eigenvalue weighted by molar-refractivity contribution is -0.389. The summed E-state index contributed by atoms with van der Waals surface area (Å²) < 4.78 is 36.9. The Hall–Kier alpha value is -0.680. The molecule has 0 amide bonds. The molecule has 7 rings (SSSR count). The summed E-state index contributed by atoms with van der Waals surface area (Å²) in [6, 6.07) is 0. The van der Waals surface area contributed by atoms with Gasteiger partial charge in [-0.2, -0.15) is 0 Å². The topological polar surface area (TPSA) is 278 Å². The van der Waals surface area contributed by atoms with Gasteiger partial charge < -0.3 is 84.6 Å². The molecule has 330 valence electrons. The summed E-state index contributed by atoms with van der Waals surface area (Å²) in [6.45, 7) is 7.41. The van der Waals surface area contributed by atoms with E-state index >= 15 is 0 Å². The van der Waals surface area contributed by atoms with Crippen LogP contribution in [0.1, 0.15) is 79.1 Å². The maximum absolute atomic E-state index is 11.9. The number of aliphatic hydroxyl groups is 11. The number of hydrogen-bond acceptors (Lipinski definition) is 17. The van der Waals surface area contributed by atoms with Gasteiger partial charge in [-0.25, -0.2) is 0 Å². The van der Waals surface area contributed by atoms with Crippen LogP contribution in [-0.4, -0.2) is 180 Å². The van der Waals surface area contributed by atoms with E-state index in [1.165, 1.54) is 0 Å². The van der Waals surface area contributed by atoms with Gasteiger partial charge in [0.15, 0.2) is 18.4 Å². The molecule has 17 heteroatoms. The molecule has 4 aliphatic carbocycles. The first-order chi connectivity index (χ1) is 26.8. The predicted molar refractivity (Wildman–Crippen MR) is 195 cm³/mol. The van der Waals surface area contributed by atoms with Crippen molar-refractivity contribution in [1.29, 1.82) is 0 Å². The molecule has 0 aromatic heterocycles. The molecule has 0 aromatic rings. The minimum atomic E-state index is -1.72. The van der Waals surface area contributed by atoms with Gasteiger partial charge in [-0.05, 0) is 73.5 Å². The van der Waals surface area contributed by atoms with Crippen LogP contribution in [0, 0.1) is 46.3 Å². The number of aliphatic hydroxyl groups excluding tert-OH is 11. The van der Waals surface area contributed by atoms with E-state index < -0.39 is 110 Å². The summed E-state index contributed by atoms with van der Waals surface area (Å²) in [5, 5.41) is 117. The van der Waals surface area contributed by atoms with Crippen LogP contribution in [0.5, 0.6) is 0 Å². The van der Waals surface area contributed by atoms with Crippen molar-refractivity contribution in [3.05, 3.63) is 0 Å². The van der Waals surface area contributed by atoms with Gasteiger partial charge in [-0.1, -0.05) is 27.7 Å². The highest BCUT2D eigenvalue weighted by molar-refractivity contribution is 5.22. The Balaban J connectivity index is 1.05. The highest BCUT2D eigenvalue weighted by Gasteiger charge is 2.74. The van der Waals surface area contributed by atoms with Crippen molar-refractivity contribution >= 4 is 0 Å². The van der Waals surface area contributed by atoms with E-state index in [1.807, 2.05) is 13.8 Å². The molecular formula is C40H68O17. The first-order valence-electron chi connectivity index (χ1n) is 21.0. The summed E-state index contributed by atoms with van der Waals surface area (Å²) >= 11 is 0. The second-order valence-electron chi connectivity index (χ2n) is 19.1. The quantitative estimate of drug-likeness (QED) is 0.102. The molecule has 7 aliphatic rings. The molecule has 17 nitrogen and oxygen atoms in total. The zero-order chi connectivity index (χ0) is 41.6. The summed E-state index contributed by atoms with van der Waals surface area (Å²) in [5.74, 6) is -0.547. The number of rotatable bonds is 11. The molecule has 3 aliphatic heterocycles. The Bertz CT molecular complexity index is 1390. The van der Waals surface area contributed by atoms with Crippen molar-refractivity contribution in [1.82, 2.24) is 0 Å². The van der Waals surface area contributed by atoms with Crippen molar-refractivity contribution in [3.8, 4) is 0 Å². The fourth-order valence-corrected chi connectivity index (χ4v) is 13.2. The molecule has 3 saturated heterocycles. The average Bonchev–Trinajstić information content (AvgIpc) is 3.65. The average molecular weight is 821 g/mol. The minimum Gasteiger partial charge on any atom is -0.394 e. The molecule has 0 aromatic carbocycles. The highest BCUT2D eigenvalue weighted by atomic mass is 16.7. The van der Waals surface area contributed by atoms with Crippen LogP contribution >= 0.6 is 0 Å². The van der Waals surface area contributed by atoms with Crippen molar-refractivity contribution in [2.75, 3.05) is 26.9 Å². The third kappa shape index (κ3) is 6.78. The first kappa shape index (κ1) is 44.4. The van der Waals surface area contributed by atoms with Gasteiger partial charge in [0.2, 0.25) is 0 Å². The van der Waals surface area contributed by atoms with E-state index in [2.05, 4.69) is 13.8 Å². The summed E-state index contributed by atoms with van der Waals surface area (Å²) in [6.07, 6.45) is -14.2. The van der Waals surface area contributed by atoms with Crippen LogP contribution in [0.2, 0.25) is 0 Å². The summed E-state index contributed by atoms with van der Waals surface area (Å²) in [5.41, 5.74) is -2.84. The van der Waals surface area contributed by atoms with Gasteiger partial charge in [0.1, 0.15) is 60.5 Å². The third-order valence-electron chi connectivity index (χ3n) is 16.5. The molecule has 11 N–H and O–H groups in total. The van der Waals surface area contributed by atoms with E-state index in [-0.39, 0.29) is 66.5 Å². The Morgan fingerprint density at radius 2 is 1.37 bits per heavy atom. The standard InChI is InChI=1S/C40H68O17/c1-17(16-53-35-32(49)30(47)28(45)24(14-41)54-35)6-11-40(52-5)18(2)27-23(56-40)12-21-19-7-10-39(57-36-33(50)31(48)29(46)25(15-42)55-36)34(51)22(43)13-26(44)38(39,4)20(19)8-9-37(21,27)3/h17-36,41-51H,6-16H2,1-5H3. The SMILES string of the molecule is COC1(CCC(C)COC2OC(CO)C(O)C(O)C2O)OC2CC3C4CCC5(OC6OC(CO)C(O)C(O)C6O)C(O)C(O)CC(O)C5(C)C4CCC3(C)C2C1C. The lowest BCUT2D eigenvalue weighted by atomic mass is 9.41. The Morgan fingerprint density at radius 1 is 0.754 bits per heavy atom. The lowest BCUT2D eigenvalue weighted by Gasteiger charge is -2.68. The minimum absolute atomic E-state index is 0.0163. The third-order valence-corrected chi connectivity index (χ3v) is 16.5. The van der Waals surface area contributed by atoms with Gasteiger partial charge in [-0.3, -0.25) is 0 Å². The van der Waals surface area contributed by atoms with Crippen LogP contribution < -0.4 is 0 Å². The normalized spacial score (nSPS) is 56.7. The Kier molecular flexibility index (Phi) is 12.6. The molecule has 0 radical (unpaired) electrons. The van der Waals surface area contributed by atoms with E-state index in [0.717, 1.165) is 12.8 Å². The largest absolute Gasteiger partial charge is 0.394 e. The highest BCUT2D eigenvalue weighted by Crippen LogP contribution is 2.72. The predicted octanol–water partition coefficient (Wildman–Crippen LogP) is -1.89. The number of methoxy groups -OCH3 is 1. The molecule has 57 heavy (non-hydrogen) atoms. The van der Waals surface area contributed by atoms with Crippen LogP contribution in [-0.2, 0) is 28.4 Å². The number of ether oxygens (including phenoxy) is 6. The van der Waals surface area contributed by atoms with Crippen molar-refractivity contribution in [3.63, 3.8) is 0 Å². The molecule has 3 heterocycles. The van der Waals surface area contributed by atoms with Crippen molar-refractivity contribution in [2.45, 2.75) is 176 Å². The summed E-state index contributed by atoms with van der Waals surface area (Å²) in [7, 11) is 1.67. The number of fused-ring (bicyclic) bond motifs is 7. The van der Waals surface area contributed by atoms with Crippen LogP contribution in [0.15, 0.2) is 0 Å². The van der Waals surface area contributed by atoms with Crippen LogP contribution in [0.4, 0.5) is 0 Å². The second kappa shape index (κ2) is 16.2. The maximum atomic E-state index is 11.9. The van der Waals surface area contributed by atoms with E-state index in [1.54, 1.807) is 7.11 Å². The van der Waals surface area contributed by atoms with E-state index in [9.17, 15) is 56.2 Å². The zero-order valence-corrected chi connectivity index (χ0v) is 33.7. The molecular weight excluding hydrogens is 752 g/mol. The monoisotopic (exact) mass is 820 g/mol. The molecule has 0 spiro atoms. The number of hydrogen-bond donors (Lipinski definition) is 11. The second-order valence-corrected chi connectivity index (χ2v) is 19.1. The molecule has 24 unspecified atom stereocenters. The van der Waals surface area contributed by atoms with Crippen LogP contribution in [0.3, 0.4) is 0 Å². The van der Waals surface area contributed by atoms with Crippen molar-refractivity contribution in [2.24, 2.45) is 46.3 Å². The maximum Gasteiger partial charge on any atom is 0.187 e. The van der Waals surface area contributed by atoms with Gasteiger partial charge >= 0.3 is 0 Å².